The molecule has 0 N–H and O–H groups in total. The van der Waals surface area contributed by atoms with E-state index in [-0.39, 0.29) is 22.5 Å². The van der Waals surface area contributed by atoms with Gasteiger partial charge < -0.3 is 0 Å². The highest BCUT2D eigenvalue weighted by atomic mass is 32.2. The lowest BCUT2D eigenvalue weighted by molar-refractivity contribution is 0.0918. The summed E-state index contributed by atoms with van der Waals surface area (Å²) in [5.74, 6) is -0.183. The molecule has 0 spiro atoms. The molecule has 1 aliphatic rings. The van der Waals surface area contributed by atoms with Gasteiger partial charge in [0.25, 0.3) is 0 Å². The zero-order chi connectivity index (χ0) is 31.6. The molecule has 0 aliphatic carbocycles. The predicted octanol–water partition coefficient (Wildman–Crippen LogP) is 8.58. The van der Waals surface area contributed by atoms with Gasteiger partial charge in [-0.05, 0) is 46.0 Å². The molecule has 0 aromatic heterocycles. The number of carbonyl (C=O) groups excluding carboxylic acids is 1. The van der Waals surface area contributed by atoms with E-state index in [4.69, 9.17) is 0 Å². The number of benzene rings is 6. The topological polar surface area (TPSA) is 54.5 Å². The summed E-state index contributed by atoms with van der Waals surface area (Å²) in [6, 6.07) is 52.3. The van der Waals surface area contributed by atoms with Crippen LogP contribution in [0, 0.1) is 0 Å². The van der Waals surface area contributed by atoms with E-state index in [1.54, 1.807) is 36.0 Å². The summed E-state index contributed by atoms with van der Waals surface area (Å²) in [5.41, 5.74) is 3.80. The third-order valence-electron chi connectivity index (χ3n) is 8.79. The van der Waals surface area contributed by atoms with Crippen molar-refractivity contribution in [3.8, 4) is 0 Å². The van der Waals surface area contributed by atoms with Crippen molar-refractivity contribution < 1.29 is 13.2 Å². The summed E-state index contributed by atoms with van der Waals surface area (Å²) >= 11 is 1.73. The lowest BCUT2D eigenvalue weighted by Gasteiger charge is -2.37. The van der Waals surface area contributed by atoms with Crippen LogP contribution in [0.15, 0.2) is 169 Å². The zero-order valence-electron chi connectivity index (χ0n) is 25.1. The molecule has 0 radical (unpaired) electrons. The zero-order valence-corrected chi connectivity index (χ0v) is 26.8. The third kappa shape index (κ3) is 5.58. The fourth-order valence-corrected chi connectivity index (χ4v) is 10.2. The van der Waals surface area contributed by atoms with Crippen LogP contribution in [0.4, 0.5) is 0 Å². The van der Waals surface area contributed by atoms with Gasteiger partial charge in [0.1, 0.15) is 0 Å². The van der Waals surface area contributed by atoms with E-state index in [1.807, 2.05) is 103 Å². The lowest BCUT2D eigenvalue weighted by atomic mass is 9.84. The summed E-state index contributed by atoms with van der Waals surface area (Å²) in [6.45, 7) is 0.206. The Morgan fingerprint density at radius 3 is 1.63 bits per heavy atom. The van der Waals surface area contributed by atoms with Crippen LogP contribution in [0.3, 0.4) is 0 Å². The van der Waals surface area contributed by atoms with E-state index >= 15 is 0 Å². The van der Waals surface area contributed by atoms with E-state index in [1.165, 1.54) is 4.31 Å². The van der Waals surface area contributed by atoms with Crippen molar-refractivity contribution in [1.29, 1.82) is 0 Å². The second kappa shape index (κ2) is 12.7. The Balaban J connectivity index is 1.35. The van der Waals surface area contributed by atoms with Crippen LogP contribution in [-0.4, -0.2) is 36.3 Å². The van der Waals surface area contributed by atoms with E-state index in [9.17, 15) is 13.2 Å². The van der Waals surface area contributed by atoms with Crippen LogP contribution in [0.2, 0.25) is 0 Å². The van der Waals surface area contributed by atoms with Crippen molar-refractivity contribution >= 4 is 38.3 Å². The average molecular weight is 640 g/mol. The first-order valence-corrected chi connectivity index (χ1v) is 17.7. The van der Waals surface area contributed by atoms with Gasteiger partial charge in [0.2, 0.25) is 10.0 Å². The van der Waals surface area contributed by atoms with E-state index in [0.717, 1.165) is 27.5 Å². The summed E-state index contributed by atoms with van der Waals surface area (Å²) in [5, 5.41) is 1.62. The molecule has 46 heavy (non-hydrogen) atoms. The molecular weight excluding hydrogens is 607 g/mol. The molecule has 6 aromatic carbocycles. The molecule has 1 aliphatic heterocycles. The van der Waals surface area contributed by atoms with Gasteiger partial charge in [0.15, 0.2) is 5.78 Å². The Labute approximate surface area is 274 Å². The minimum atomic E-state index is -4.02. The van der Waals surface area contributed by atoms with Crippen molar-refractivity contribution in [3.05, 3.63) is 186 Å². The van der Waals surface area contributed by atoms with Crippen LogP contribution in [-0.2, 0) is 14.8 Å². The number of rotatable bonds is 9. The van der Waals surface area contributed by atoms with Crippen molar-refractivity contribution in [3.63, 3.8) is 0 Å². The Hall–Kier alpha value is -4.49. The van der Waals surface area contributed by atoms with Gasteiger partial charge in [0, 0.05) is 17.4 Å². The maximum atomic E-state index is 14.5. The third-order valence-corrected chi connectivity index (χ3v) is 12.4. The van der Waals surface area contributed by atoms with Gasteiger partial charge in [-0.1, -0.05) is 152 Å². The van der Waals surface area contributed by atoms with Gasteiger partial charge >= 0.3 is 0 Å². The minimum absolute atomic E-state index is 0.183. The molecule has 4 nitrogen and oxygen atoms in total. The molecule has 1 saturated heterocycles. The number of carbonyl (C=O) groups is 1. The van der Waals surface area contributed by atoms with Crippen molar-refractivity contribution in [1.82, 2.24) is 4.31 Å². The highest BCUT2D eigenvalue weighted by Gasteiger charge is 2.48. The highest BCUT2D eigenvalue weighted by molar-refractivity contribution is 8.01. The molecule has 0 saturated carbocycles. The number of fused-ring (bicyclic) bond motifs is 1. The molecule has 6 heteroatoms. The smallest absolute Gasteiger partial charge is 0.243 e. The monoisotopic (exact) mass is 639 g/mol. The number of nitrogens with zero attached hydrogens (tertiary/aromatic N) is 1. The summed E-state index contributed by atoms with van der Waals surface area (Å²) < 4.78 is 29.8. The van der Waals surface area contributed by atoms with Crippen molar-refractivity contribution in [2.75, 3.05) is 6.54 Å². The first kappa shape index (κ1) is 30.2. The van der Waals surface area contributed by atoms with E-state index in [0.29, 0.717) is 12.0 Å². The lowest BCUT2D eigenvalue weighted by Crippen LogP contribution is -2.40. The Morgan fingerprint density at radius 2 is 1.09 bits per heavy atom. The van der Waals surface area contributed by atoms with E-state index < -0.39 is 20.8 Å². The van der Waals surface area contributed by atoms with Crippen LogP contribution in [0.5, 0.6) is 0 Å². The molecule has 2 unspecified atom stereocenters. The molecule has 1 fully saturated rings. The number of hydrogen-bond acceptors (Lipinski definition) is 4. The standard InChI is InChI=1S/C40H33NO3S2/c42-39(31-16-5-1-6-17-31)38-28-36(29-41(38)46(43,44)37-26-25-30-15-13-14-18-32(30)27-37)45-40(33-19-7-2-8-20-33,34-21-9-3-10-22-34)35-23-11-4-12-24-35/h1-27,36,38H,28-29H2. The normalized spacial score (nSPS) is 17.2. The van der Waals surface area contributed by atoms with Gasteiger partial charge in [0.05, 0.1) is 15.7 Å². The van der Waals surface area contributed by atoms with Gasteiger partial charge in [-0.25, -0.2) is 8.42 Å². The first-order chi connectivity index (χ1) is 22.5. The highest BCUT2D eigenvalue weighted by Crippen LogP contribution is 2.52. The molecular formula is C40H33NO3S2. The number of thioether (sulfide) groups is 1. The van der Waals surface area contributed by atoms with E-state index in [2.05, 4.69) is 36.4 Å². The maximum Gasteiger partial charge on any atom is 0.243 e. The Kier molecular flexibility index (Phi) is 8.34. The van der Waals surface area contributed by atoms with Crippen LogP contribution >= 0.6 is 11.8 Å². The minimum Gasteiger partial charge on any atom is -0.292 e. The molecule has 0 amide bonds. The number of sulfonamides is 1. The molecule has 2 atom stereocenters. The fraction of sp³-hybridized carbons (Fsp3) is 0.125. The summed E-state index contributed by atoms with van der Waals surface area (Å²) in [6.07, 6.45) is 0.388. The van der Waals surface area contributed by atoms with Crippen molar-refractivity contribution in [2.24, 2.45) is 0 Å². The maximum absolute atomic E-state index is 14.5. The average Bonchev–Trinajstić information content (AvgIpc) is 3.56. The Morgan fingerprint density at radius 1 is 0.609 bits per heavy atom. The van der Waals surface area contributed by atoms with Crippen LogP contribution in [0.1, 0.15) is 33.5 Å². The number of ketones is 1. The first-order valence-electron chi connectivity index (χ1n) is 15.4. The number of hydrogen-bond donors (Lipinski definition) is 0. The molecule has 228 valence electrons. The summed E-state index contributed by atoms with van der Waals surface area (Å²) in [4.78, 5) is 14.4. The largest absolute Gasteiger partial charge is 0.292 e. The van der Waals surface area contributed by atoms with Gasteiger partial charge in [-0.2, -0.15) is 4.31 Å². The molecule has 7 rings (SSSR count). The molecule has 1 heterocycles. The van der Waals surface area contributed by atoms with Gasteiger partial charge in [-0.3, -0.25) is 4.79 Å². The second-order valence-corrected chi connectivity index (χ2v) is 15.0. The van der Waals surface area contributed by atoms with Crippen LogP contribution < -0.4 is 0 Å². The SMILES string of the molecule is O=C(c1ccccc1)C1CC(SC(c2ccccc2)(c2ccccc2)c2ccccc2)CN1S(=O)(=O)c1ccc2ccccc2c1. The van der Waals surface area contributed by atoms with Crippen LogP contribution in [0.25, 0.3) is 10.8 Å². The quantitative estimate of drug-likeness (QED) is 0.118. The van der Waals surface area contributed by atoms with Gasteiger partial charge in [-0.15, -0.1) is 11.8 Å². The second-order valence-electron chi connectivity index (χ2n) is 11.6. The number of Topliss-reactive ketones (excluding diaryl/α,β-unsaturated/α-hetero) is 1. The predicted molar refractivity (Wildman–Crippen MR) is 188 cm³/mol. The fourth-order valence-electron chi connectivity index (χ4n) is 6.59. The molecule has 0 bridgehead atoms. The van der Waals surface area contributed by atoms with Crippen molar-refractivity contribution in [2.45, 2.75) is 27.4 Å². The Bertz CT molecular complexity index is 1970. The molecule has 6 aromatic rings. The summed E-state index contributed by atoms with van der Waals surface area (Å²) in [7, 11) is -4.02.